The second-order valence-corrected chi connectivity index (χ2v) is 15.2. The largest absolute Gasteiger partial charge is 0.573 e. The molecule has 0 saturated carbocycles. The quantitative estimate of drug-likeness (QED) is 0.157. The number of aromatic nitrogens is 2. The summed E-state index contributed by atoms with van der Waals surface area (Å²) in [6.07, 6.45) is 2.61. The highest BCUT2D eigenvalue weighted by Gasteiger charge is 2.36. The zero-order valence-corrected chi connectivity index (χ0v) is 31.9. The van der Waals surface area contributed by atoms with Gasteiger partial charge in [-0.05, 0) is 85.7 Å². The van der Waals surface area contributed by atoms with Crippen LogP contribution in [-0.4, -0.2) is 93.8 Å². The van der Waals surface area contributed by atoms with E-state index in [0.717, 1.165) is 0 Å². The van der Waals surface area contributed by atoms with Gasteiger partial charge in [-0.2, -0.15) is 0 Å². The fourth-order valence-corrected chi connectivity index (χ4v) is 8.40. The lowest BCUT2D eigenvalue weighted by Gasteiger charge is -2.42. The predicted octanol–water partition coefficient (Wildman–Crippen LogP) is 6.31. The Hall–Kier alpha value is -5.51. The Kier molecular flexibility index (Phi) is 11.3. The van der Waals surface area contributed by atoms with E-state index in [1.807, 2.05) is 6.92 Å². The Bertz CT molecular complexity index is 2230. The molecule has 2 N–H and O–H groups in total. The number of amides is 4. The summed E-state index contributed by atoms with van der Waals surface area (Å²) < 4.78 is 62.5. The van der Waals surface area contributed by atoms with E-state index in [0.29, 0.717) is 97.0 Å². The Morgan fingerprint density at radius 3 is 2.40 bits per heavy atom. The van der Waals surface area contributed by atoms with Crippen molar-refractivity contribution in [2.75, 3.05) is 38.5 Å². The van der Waals surface area contributed by atoms with Crippen LogP contribution < -0.4 is 20.9 Å². The number of anilines is 1. The molecule has 2 atom stereocenters. The average molecular weight is 792 g/mol. The molecule has 7 rings (SSSR count). The van der Waals surface area contributed by atoms with Crippen molar-refractivity contribution in [2.24, 2.45) is 7.05 Å². The standard InChI is InChI=1S/C41H45F4N7O5/c1-24(29-6-4-26(20-36(29)57-41(43,44)45)33-23-49(2)39(55)32-22-46-15-10-31(32)33)51-18-13-28(14-19-51)50(3)40(56)52-16-11-25(12-17-52)30-7-5-27(21-34(30)42)47-35-8-9-37(53)48-38(35)54/h4-7,10,15,20-25,28,35,47H,8-9,11-14,16-19H2,1-3H3,(H,48,53,54). The predicted molar refractivity (Wildman–Crippen MR) is 205 cm³/mol. The third kappa shape index (κ3) is 8.60. The average Bonchev–Trinajstić information content (AvgIpc) is 3.19. The minimum absolute atomic E-state index is 0.0682. The van der Waals surface area contributed by atoms with Crippen molar-refractivity contribution in [3.63, 3.8) is 0 Å². The molecule has 0 aliphatic carbocycles. The number of piperidine rings is 3. The smallest absolute Gasteiger partial charge is 0.405 e. The first kappa shape index (κ1) is 39.7. The Morgan fingerprint density at radius 2 is 1.72 bits per heavy atom. The number of nitrogens with zero attached hydrogens (tertiary/aromatic N) is 5. The molecule has 16 heteroatoms. The van der Waals surface area contributed by atoms with Crippen molar-refractivity contribution in [1.29, 1.82) is 0 Å². The molecule has 0 radical (unpaired) electrons. The molecule has 3 fully saturated rings. The fraction of sp³-hybridized carbons (Fsp3) is 0.439. The molecule has 302 valence electrons. The number of halogens is 4. The van der Waals surface area contributed by atoms with Crippen molar-refractivity contribution < 1.29 is 36.7 Å². The van der Waals surface area contributed by atoms with Crippen LogP contribution in [-0.2, 0) is 16.6 Å². The SMILES string of the molecule is CC(c1ccc(-c2cn(C)c(=O)c3cnccc23)cc1OC(F)(F)F)N1CCC(N(C)C(=O)N2CCC(c3ccc(NC4CCC(=O)NC4=O)cc3F)CC2)CC1. The van der Waals surface area contributed by atoms with Crippen molar-refractivity contribution in [1.82, 2.24) is 29.6 Å². The van der Waals surface area contributed by atoms with Gasteiger partial charge >= 0.3 is 12.4 Å². The number of alkyl halides is 3. The minimum atomic E-state index is -4.93. The maximum absolute atomic E-state index is 15.3. The lowest BCUT2D eigenvalue weighted by atomic mass is 9.89. The van der Waals surface area contributed by atoms with Crippen LogP contribution >= 0.6 is 0 Å². The van der Waals surface area contributed by atoms with Crippen LogP contribution in [0, 0.1) is 5.82 Å². The second kappa shape index (κ2) is 16.2. The van der Waals surface area contributed by atoms with E-state index in [1.54, 1.807) is 60.4 Å². The van der Waals surface area contributed by atoms with Crippen molar-refractivity contribution in [2.45, 2.75) is 75.9 Å². The zero-order chi connectivity index (χ0) is 40.6. The number of aryl methyl sites for hydroxylation is 1. The van der Waals surface area contributed by atoms with Crippen LogP contribution in [0.1, 0.15) is 68.5 Å². The summed E-state index contributed by atoms with van der Waals surface area (Å²) in [5.74, 6) is -1.54. The van der Waals surface area contributed by atoms with Crippen molar-refractivity contribution in [3.8, 4) is 16.9 Å². The van der Waals surface area contributed by atoms with Gasteiger partial charge in [-0.15, -0.1) is 13.2 Å². The molecule has 3 saturated heterocycles. The van der Waals surface area contributed by atoms with E-state index in [9.17, 15) is 32.3 Å². The van der Waals surface area contributed by atoms with Gasteiger partial charge in [-0.3, -0.25) is 29.6 Å². The number of fused-ring (bicyclic) bond motifs is 1. The van der Waals surface area contributed by atoms with E-state index in [4.69, 9.17) is 0 Å². The number of benzene rings is 2. The Morgan fingerprint density at radius 1 is 0.982 bits per heavy atom. The normalized spacial score (nSPS) is 19.4. The van der Waals surface area contributed by atoms with Crippen molar-refractivity contribution in [3.05, 3.63) is 88.4 Å². The summed E-state index contributed by atoms with van der Waals surface area (Å²) in [4.78, 5) is 59.5. The molecule has 0 spiro atoms. The van der Waals surface area contributed by atoms with Crippen molar-refractivity contribution >= 4 is 34.3 Å². The number of hydrogen-bond donors (Lipinski definition) is 2. The summed E-state index contributed by atoms with van der Waals surface area (Å²) in [6, 6.07) is 10.0. The van der Waals surface area contributed by atoms with E-state index in [1.165, 1.54) is 29.1 Å². The molecule has 4 amide bonds. The van der Waals surface area contributed by atoms with Crippen LogP contribution in [0.25, 0.3) is 21.9 Å². The van der Waals surface area contributed by atoms with Crippen LogP contribution in [0.2, 0.25) is 0 Å². The fourth-order valence-electron chi connectivity index (χ4n) is 8.40. The summed E-state index contributed by atoms with van der Waals surface area (Å²) in [5.41, 5.74) is 2.15. The summed E-state index contributed by atoms with van der Waals surface area (Å²) >= 11 is 0. The highest BCUT2D eigenvalue weighted by Crippen LogP contribution is 2.39. The summed E-state index contributed by atoms with van der Waals surface area (Å²) in [7, 11) is 3.36. The first-order valence-electron chi connectivity index (χ1n) is 19.2. The van der Waals surface area contributed by atoms with Gasteiger partial charge in [-0.1, -0.05) is 18.2 Å². The number of likely N-dealkylation sites (tertiary alicyclic amines) is 2. The van der Waals surface area contributed by atoms with Gasteiger partial charge in [0, 0.05) is 94.2 Å². The van der Waals surface area contributed by atoms with Gasteiger partial charge in [0.15, 0.2) is 0 Å². The number of urea groups is 1. The third-order valence-electron chi connectivity index (χ3n) is 11.7. The van der Waals surface area contributed by atoms with Gasteiger partial charge in [0.25, 0.3) is 5.56 Å². The number of nitrogens with one attached hydrogen (secondary N) is 2. The highest BCUT2D eigenvalue weighted by atomic mass is 19.4. The molecule has 2 unspecified atom stereocenters. The Balaban J connectivity index is 0.956. The van der Waals surface area contributed by atoms with Crippen LogP contribution in [0.4, 0.5) is 28.0 Å². The first-order chi connectivity index (χ1) is 27.2. The van der Waals surface area contributed by atoms with Gasteiger partial charge in [0.05, 0.1) is 5.39 Å². The molecule has 3 aliphatic rings. The molecule has 0 bridgehead atoms. The topological polar surface area (TPSA) is 129 Å². The number of carbonyl (C=O) groups is 3. The van der Waals surface area contributed by atoms with Crippen LogP contribution in [0.5, 0.6) is 5.75 Å². The van der Waals surface area contributed by atoms with Crippen LogP contribution in [0.3, 0.4) is 0 Å². The van der Waals surface area contributed by atoms with E-state index >= 15 is 4.39 Å². The number of rotatable bonds is 8. The van der Waals surface area contributed by atoms with Crippen LogP contribution in [0.15, 0.2) is 65.8 Å². The first-order valence-corrected chi connectivity index (χ1v) is 19.2. The lowest BCUT2D eigenvalue weighted by molar-refractivity contribution is -0.275. The van der Waals surface area contributed by atoms with Gasteiger partial charge < -0.3 is 24.4 Å². The molecule has 4 aromatic rings. The molecular weight excluding hydrogens is 746 g/mol. The number of pyridine rings is 2. The second-order valence-electron chi connectivity index (χ2n) is 15.2. The van der Waals surface area contributed by atoms with E-state index in [-0.39, 0.29) is 47.4 Å². The van der Waals surface area contributed by atoms with E-state index < -0.39 is 24.4 Å². The number of imide groups is 1. The maximum atomic E-state index is 15.3. The maximum Gasteiger partial charge on any atom is 0.573 e. The monoisotopic (exact) mass is 791 g/mol. The van der Waals surface area contributed by atoms with Gasteiger partial charge in [0.1, 0.15) is 17.6 Å². The lowest BCUT2D eigenvalue weighted by Crippen LogP contribution is -2.51. The molecule has 57 heavy (non-hydrogen) atoms. The highest BCUT2D eigenvalue weighted by molar-refractivity contribution is 6.01. The van der Waals surface area contributed by atoms with Gasteiger partial charge in [-0.25, -0.2) is 9.18 Å². The number of hydrogen-bond acceptors (Lipinski definition) is 8. The Labute approximate surface area is 326 Å². The van der Waals surface area contributed by atoms with E-state index in [2.05, 4.69) is 25.3 Å². The molecular formula is C41H45F4N7O5. The molecule has 3 aliphatic heterocycles. The molecule has 5 heterocycles. The summed E-state index contributed by atoms with van der Waals surface area (Å²) in [6.45, 7) is 3.86. The number of ether oxygens (including phenoxy) is 1. The third-order valence-corrected chi connectivity index (χ3v) is 11.7. The molecule has 2 aromatic carbocycles. The molecule has 12 nitrogen and oxygen atoms in total. The molecule has 2 aromatic heterocycles. The number of carbonyl (C=O) groups excluding carboxylic acids is 3. The zero-order valence-electron chi connectivity index (χ0n) is 31.9. The minimum Gasteiger partial charge on any atom is -0.405 e. The summed E-state index contributed by atoms with van der Waals surface area (Å²) in [5, 5.41) is 6.21. The van der Waals surface area contributed by atoms with Gasteiger partial charge in [0.2, 0.25) is 11.8 Å².